The summed E-state index contributed by atoms with van der Waals surface area (Å²) < 4.78 is 32.2. The van der Waals surface area contributed by atoms with Gasteiger partial charge in [-0.2, -0.15) is 4.31 Å². The summed E-state index contributed by atoms with van der Waals surface area (Å²) in [6.07, 6.45) is 3.06. The van der Waals surface area contributed by atoms with Crippen molar-refractivity contribution < 1.29 is 17.9 Å². The van der Waals surface area contributed by atoms with Crippen molar-refractivity contribution in [2.24, 2.45) is 0 Å². The topological polar surface area (TPSA) is 75.7 Å². The van der Waals surface area contributed by atoms with E-state index in [2.05, 4.69) is 5.32 Å². The van der Waals surface area contributed by atoms with Crippen LogP contribution >= 0.6 is 11.6 Å². The van der Waals surface area contributed by atoms with Gasteiger partial charge in [0.25, 0.3) is 0 Å². The fraction of sp³-hybridized carbons (Fsp3) is 0.250. The van der Waals surface area contributed by atoms with Gasteiger partial charge in [-0.1, -0.05) is 29.8 Å². The van der Waals surface area contributed by atoms with E-state index < -0.39 is 10.0 Å². The Labute approximate surface area is 169 Å². The van der Waals surface area contributed by atoms with Gasteiger partial charge in [0.15, 0.2) is 0 Å². The maximum Gasteiger partial charge on any atom is 0.248 e. The first-order valence-corrected chi connectivity index (χ1v) is 10.6. The van der Waals surface area contributed by atoms with Crippen molar-refractivity contribution >= 4 is 39.3 Å². The second-order valence-corrected chi connectivity index (χ2v) is 8.74. The Morgan fingerprint density at radius 2 is 1.82 bits per heavy atom. The molecule has 1 aliphatic heterocycles. The van der Waals surface area contributed by atoms with Crippen molar-refractivity contribution in [3.8, 4) is 0 Å². The highest BCUT2D eigenvalue weighted by Gasteiger charge is 2.26. The smallest absolute Gasteiger partial charge is 0.248 e. The normalized spacial score (nSPS) is 15.6. The average molecular weight is 421 g/mol. The maximum absolute atomic E-state index is 12.8. The number of rotatable bonds is 5. The Hall–Kier alpha value is -2.19. The molecule has 1 N–H and O–H groups in total. The van der Waals surface area contributed by atoms with Crippen LogP contribution in [0.15, 0.2) is 53.4 Å². The van der Waals surface area contributed by atoms with Crippen molar-refractivity contribution in [3.05, 3.63) is 64.7 Å². The van der Waals surface area contributed by atoms with Crippen LogP contribution in [0.5, 0.6) is 0 Å². The van der Waals surface area contributed by atoms with Gasteiger partial charge in [0.1, 0.15) is 0 Å². The van der Waals surface area contributed by atoms with E-state index in [9.17, 15) is 13.2 Å². The Kier molecular flexibility index (Phi) is 6.51. The number of benzene rings is 2. The predicted octanol–water partition coefficient (Wildman–Crippen LogP) is 3.32. The highest BCUT2D eigenvalue weighted by molar-refractivity contribution is 7.89. The van der Waals surface area contributed by atoms with E-state index in [-0.39, 0.29) is 10.8 Å². The third kappa shape index (κ3) is 4.99. The van der Waals surface area contributed by atoms with Crippen molar-refractivity contribution in [1.82, 2.24) is 4.31 Å². The van der Waals surface area contributed by atoms with Crippen LogP contribution in [0, 0.1) is 6.92 Å². The first kappa shape index (κ1) is 20.5. The van der Waals surface area contributed by atoms with Crippen LogP contribution in [0.1, 0.15) is 11.1 Å². The molecule has 1 heterocycles. The minimum Gasteiger partial charge on any atom is -0.379 e. The van der Waals surface area contributed by atoms with Gasteiger partial charge in [-0.25, -0.2) is 8.42 Å². The molecule has 1 saturated heterocycles. The predicted molar refractivity (Wildman–Crippen MR) is 110 cm³/mol. The van der Waals surface area contributed by atoms with E-state index >= 15 is 0 Å². The van der Waals surface area contributed by atoms with E-state index in [1.54, 1.807) is 42.5 Å². The number of aryl methyl sites for hydroxylation is 1. The second-order valence-electron chi connectivity index (χ2n) is 6.37. The number of carbonyl (C=O) groups is 1. The molecule has 0 aliphatic carbocycles. The first-order chi connectivity index (χ1) is 13.4. The fourth-order valence-corrected chi connectivity index (χ4v) is 4.31. The SMILES string of the molecule is Cc1ccc(S(=O)(=O)N2CCOCC2)cc1NC(=O)/C=C/c1ccc(Cl)cc1. The van der Waals surface area contributed by atoms with Gasteiger partial charge in [0, 0.05) is 29.9 Å². The number of nitrogens with one attached hydrogen (secondary N) is 1. The molecule has 0 unspecified atom stereocenters. The highest BCUT2D eigenvalue weighted by atomic mass is 35.5. The zero-order valence-electron chi connectivity index (χ0n) is 15.4. The second kappa shape index (κ2) is 8.87. The molecule has 1 aliphatic rings. The van der Waals surface area contributed by atoms with Gasteiger partial charge >= 0.3 is 0 Å². The summed E-state index contributed by atoms with van der Waals surface area (Å²) in [5, 5.41) is 3.37. The molecule has 6 nitrogen and oxygen atoms in total. The molecule has 0 bridgehead atoms. The lowest BCUT2D eigenvalue weighted by Crippen LogP contribution is -2.40. The highest BCUT2D eigenvalue weighted by Crippen LogP contribution is 2.23. The quantitative estimate of drug-likeness (QED) is 0.753. The molecule has 8 heteroatoms. The molecule has 0 atom stereocenters. The minimum atomic E-state index is -3.62. The number of nitrogens with zero attached hydrogens (tertiary/aromatic N) is 1. The largest absolute Gasteiger partial charge is 0.379 e. The van der Waals surface area contributed by atoms with Crippen LogP contribution in [0.3, 0.4) is 0 Å². The Morgan fingerprint density at radius 3 is 2.50 bits per heavy atom. The Bertz CT molecular complexity index is 982. The summed E-state index contributed by atoms with van der Waals surface area (Å²) in [5.74, 6) is -0.348. The van der Waals surface area contributed by atoms with Gasteiger partial charge in [0.2, 0.25) is 15.9 Å². The zero-order valence-corrected chi connectivity index (χ0v) is 17.0. The summed E-state index contributed by atoms with van der Waals surface area (Å²) in [6, 6.07) is 11.8. The van der Waals surface area contributed by atoms with Crippen molar-refractivity contribution in [2.75, 3.05) is 31.6 Å². The number of hydrogen-bond donors (Lipinski definition) is 1. The molecule has 2 aromatic rings. The molecule has 0 saturated carbocycles. The molecule has 148 valence electrons. The molecule has 0 radical (unpaired) electrons. The molecular weight excluding hydrogens is 400 g/mol. The monoisotopic (exact) mass is 420 g/mol. The van der Waals surface area contributed by atoms with E-state index in [0.717, 1.165) is 11.1 Å². The number of ether oxygens (including phenoxy) is 1. The maximum atomic E-state index is 12.8. The number of carbonyl (C=O) groups excluding carboxylic acids is 1. The van der Waals surface area contributed by atoms with Gasteiger partial charge in [-0.15, -0.1) is 0 Å². The van der Waals surface area contributed by atoms with Crippen LogP contribution in [0.4, 0.5) is 5.69 Å². The number of halogens is 1. The standard InChI is InChI=1S/C20H21ClN2O4S/c1-15-2-8-18(28(25,26)23-10-12-27-13-11-23)14-19(15)22-20(24)9-5-16-3-6-17(21)7-4-16/h2-9,14H,10-13H2,1H3,(H,22,24)/b9-5+. The third-order valence-corrected chi connectivity index (χ3v) is 6.52. The van der Waals surface area contributed by atoms with Crippen molar-refractivity contribution in [2.45, 2.75) is 11.8 Å². The Morgan fingerprint density at radius 1 is 1.14 bits per heavy atom. The molecule has 1 amide bonds. The summed E-state index contributed by atoms with van der Waals surface area (Å²) in [5.41, 5.74) is 2.06. The number of amides is 1. The van der Waals surface area contributed by atoms with E-state index in [1.807, 2.05) is 6.92 Å². The molecular formula is C20H21ClN2O4S. The van der Waals surface area contributed by atoms with Crippen LogP contribution in [0.25, 0.3) is 6.08 Å². The first-order valence-electron chi connectivity index (χ1n) is 8.79. The summed E-state index contributed by atoms with van der Waals surface area (Å²) in [7, 11) is -3.62. The summed E-state index contributed by atoms with van der Waals surface area (Å²) in [4.78, 5) is 12.4. The summed E-state index contributed by atoms with van der Waals surface area (Å²) >= 11 is 5.84. The number of hydrogen-bond acceptors (Lipinski definition) is 4. The minimum absolute atomic E-state index is 0.150. The van der Waals surface area contributed by atoms with Gasteiger partial charge in [-0.05, 0) is 48.4 Å². The molecule has 3 rings (SSSR count). The number of morpholine rings is 1. The molecule has 0 spiro atoms. The number of sulfonamides is 1. The van der Waals surface area contributed by atoms with Gasteiger partial charge in [0.05, 0.1) is 18.1 Å². The van der Waals surface area contributed by atoms with Crippen LogP contribution in [0.2, 0.25) is 5.02 Å². The van der Waals surface area contributed by atoms with Crippen LogP contribution < -0.4 is 5.32 Å². The molecule has 2 aromatic carbocycles. The van der Waals surface area contributed by atoms with Crippen molar-refractivity contribution in [1.29, 1.82) is 0 Å². The van der Waals surface area contributed by atoms with Crippen LogP contribution in [-0.2, 0) is 19.6 Å². The van der Waals surface area contributed by atoms with Gasteiger partial charge < -0.3 is 10.1 Å². The van der Waals surface area contributed by atoms with Crippen molar-refractivity contribution in [3.63, 3.8) is 0 Å². The van der Waals surface area contributed by atoms with E-state index in [0.29, 0.717) is 37.0 Å². The lowest BCUT2D eigenvalue weighted by Gasteiger charge is -2.26. The van der Waals surface area contributed by atoms with Crippen LogP contribution in [-0.4, -0.2) is 44.9 Å². The lowest BCUT2D eigenvalue weighted by molar-refractivity contribution is -0.111. The molecule has 1 fully saturated rings. The molecule has 0 aromatic heterocycles. The molecule has 28 heavy (non-hydrogen) atoms. The lowest BCUT2D eigenvalue weighted by atomic mass is 10.2. The third-order valence-electron chi connectivity index (χ3n) is 4.37. The fourth-order valence-electron chi connectivity index (χ4n) is 2.75. The van der Waals surface area contributed by atoms with E-state index in [1.165, 1.54) is 16.4 Å². The number of anilines is 1. The summed E-state index contributed by atoms with van der Waals surface area (Å²) in [6.45, 7) is 3.21. The zero-order chi connectivity index (χ0) is 20.1. The average Bonchev–Trinajstić information content (AvgIpc) is 2.70. The Balaban J connectivity index is 1.75. The van der Waals surface area contributed by atoms with E-state index in [4.69, 9.17) is 16.3 Å². The van der Waals surface area contributed by atoms with Gasteiger partial charge in [-0.3, -0.25) is 4.79 Å².